The number of hydrogen-bond acceptors (Lipinski definition) is 3. The SMILES string of the molecule is COc1cc(OC)cc(C(=O)[C@H]2C(C)=CC[C@H]3C(C)(C)CCC[C@@]23C)c1. The van der Waals surface area contributed by atoms with E-state index in [4.69, 9.17) is 9.47 Å². The summed E-state index contributed by atoms with van der Waals surface area (Å²) < 4.78 is 10.8. The Kier molecular flexibility index (Phi) is 4.94. The predicted octanol–water partition coefficient (Wildman–Crippen LogP) is 5.69. The first-order chi connectivity index (χ1) is 12.2. The smallest absolute Gasteiger partial charge is 0.170 e. The molecule has 0 bridgehead atoms. The van der Waals surface area contributed by atoms with E-state index in [1.807, 2.05) is 18.2 Å². The molecule has 0 N–H and O–H groups in total. The van der Waals surface area contributed by atoms with Gasteiger partial charge in [0, 0.05) is 17.5 Å². The maximum atomic E-state index is 13.7. The fourth-order valence-electron chi connectivity index (χ4n) is 5.66. The molecule has 0 saturated heterocycles. The van der Waals surface area contributed by atoms with Crippen molar-refractivity contribution >= 4 is 5.78 Å². The number of rotatable bonds is 4. The number of methoxy groups -OCH3 is 2. The van der Waals surface area contributed by atoms with Crippen molar-refractivity contribution in [1.29, 1.82) is 0 Å². The van der Waals surface area contributed by atoms with E-state index in [-0.39, 0.29) is 22.5 Å². The second-order valence-electron chi connectivity index (χ2n) is 8.98. The van der Waals surface area contributed by atoms with Crippen LogP contribution in [0.4, 0.5) is 0 Å². The topological polar surface area (TPSA) is 35.5 Å². The maximum Gasteiger partial charge on any atom is 0.170 e. The van der Waals surface area contributed by atoms with Gasteiger partial charge < -0.3 is 9.47 Å². The van der Waals surface area contributed by atoms with E-state index < -0.39 is 0 Å². The Morgan fingerprint density at radius 2 is 1.65 bits per heavy atom. The number of allylic oxidation sites excluding steroid dienone is 2. The highest BCUT2D eigenvalue weighted by molar-refractivity contribution is 6.01. The van der Waals surface area contributed by atoms with Gasteiger partial charge in [0.05, 0.1) is 14.2 Å². The first-order valence-corrected chi connectivity index (χ1v) is 9.67. The maximum absolute atomic E-state index is 13.7. The second-order valence-corrected chi connectivity index (χ2v) is 8.98. The molecule has 3 heteroatoms. The number of hydrogen-bond donors (Lipinski definition) is 0. The Bertz CT molecular complexity index is 709. The third-order valence-electron chi connectivity index (χ3n) is 6.96. The molecule has 1 fully saturated rings. The van der Waals surface area contributed by atoms with Gasteiger partial charge in [-0.25, -0.2) is 0 Å². The normalized spacial score (nSPS) is 30.2. The summed E-state index contributed by atoms with van der Waals surface area (Å²) in [4.78, 5) is 13.7. The molecular formula is C23H32O3. The van der Waals surface area contributed by atoms with E-state index in [0.717, 1.165) is 12.8 Å². The largest absolute Gasteiger partial charge is 0.497 e. The third-order valence-corrected chi connectivity index (χ3v) is 6.96. The summed E-state index contributed by atoms with van der Waals surface area (Å²) in [5.41, 5.74) is 2.18. The summed E-state index contributed by atoms with van der Waals surface area (Å²) in [6.07, 6.45) is 6.94. The van der Waals surface area contributed by atoms with Crippen molar-refractivity contribution < 1.29 is 14.3 Å². The molecule has 0 aromatic heterocycles. The van der Waals surface area contributed by atoms with Gasteiger partial charge in [-0.2, -0.15) is 0 Å². The molecule has 142 valence electrons. The molecule has 26 heavy (non-hydrogen) atoms. The zero-order chi connectivity index (χ0) is 19.1. The average Bonchev–Trinajstić information content (AvgIpc) is 2.59. The standard InChI is InChI=1S/C23H32O3/c1-15-8-9-19-22(2,3)10-7-11-23(19,4)20(15)21(24)16-12-17(25-5)14-18(13-16)26-6/h8,12-14,19-20H,7,9-11H2,1-6H3/t19-,20+,23+/m0/s1. The van der Waals surface area contributed by atoms with E-state index in [1.165, 1.54) is 18.4 Å². The van der Waals surface area contributed by atoms with Crippen molar-refractivity contribution in [3.8, 4) is 11.5 Å². The lowest BCUT2D eigenvalue weighted by Gasteiger charge is -2.56. The van der Waals surface area contributed by atoms with Gasteiger partial charge in [-0.3, -0.25) is 4.79 Å². The number of carbonyl (C=O) groups is 1. The van der Waals surface area contributed by atoms with Crippen molar-refractivity contribution in [2.75, 3.05) is 14.2 Å². The van der Waals surface area contributed by atoms with Gasteiger partial charge in [0.15, 0.2) is 5.78 Å². The lowest BCUT2D eigenvalue weighted by Crippen LogP contribution is -2.50. The first kappa shape index (κ1) is 19.0. The number of fused-ring (bicyclic) bond motifs is 1. The van der Waals surface area contributed by atoms with Crippen molar-refractivity contribution in [2.45, 2.75) is 53.4 Å². The number of ketones is 1. The molecule has 1 aromatic carbocycles. The minimum atomic E-state index is -0.0716. The summed E-state index contributed by atoms with van der Waals surface area (Å²) in [5, 5.41) is 0. The van der Waals surface area contributed by atoms with Crippen LogP contribution in [0.25, 0.3) is 0 Å². The van der Waals surface area contributed by atoms with Crippen molar-refractivity contribution in [3.63, 3.8) is 0 Å². The van der Waals surface area contributed by atoms with Gasteiger partial charge in [-0.1, -0.05) is 38.8 Å². The highest BCUT2D eigenvalue weighted by atomic mass is 16.5. The van der Waals surface area contributed by atoms with Crippen molar-refractivity contribution in [3.05, 3.63) is 35.4 Å². The fourth-order valence-corrected chi connectivity index (χ4v) is 5.66. The van der Waals surface area contributed by atoms with Crippen LogP contribution in [0.1, 0.15) is 63.7 Å². The van der Waals surface area contributed by atoms with E-state index in [9.17, 15) is 4.79 Å². The Labute approximate surface area is 157 Å². The first-order valence-electron chi connectivity index (χ1n) is 9.67. The zero-order valence-electron chi connectivity index (χ0n) is 17.0. The monoisotopic (exact) mass is 356 g/mol. The Morgan fingerprint density at radius 1 is 1.04 bits per heavy atom. The summed E-state index contributed by atoms with van der Waals surface area (Å²) in [5.74, 6) is 1.99. The summed E-state index contributed by atoms with van der Waals surface area (Å²) in [7, 11) is 3.24. The molecule has 2 aliphatic rings. The van der Waals surface area contributed by atoms with Gasteiger partial charge in [-0.05, 0) is 55.1 Å². The van der Waals surface area contributed by atoms with Crippen LogP contribution in [0.15, 0.2) is 29.8 Å². The summed E-state index contributed by atoms with van der Waals surface area (Å²) in [6.45, 7) is 9.22. The summed E-state index contributed by atoms with van der Waals surface area (Å²) in [6, 6.07) is 5.51. The van der Waals surface area contributed by atoms with Crippen LogP contribution in [0, 0.1) is 22.7 Å². The molecule has 1 aromatic rings. The van der Waals surface area contributed by atoms with Crippen molar-refractivity contribution in [2.24, 2.45) is 22.7 Å². The molecule has 0 spiro atoms. The number of benzene rings is 1. The Balaban J connectivity index is 2.05. The van der Waals surface area contributed by atoms with E-state index in [1.54, 1.807) is 14.2 Å². The molecule has 3 rings (SSSR count). The van der Waals surface area contributed by atoms with E-state index in [2.05, 4.69) is 33.8 Å². The van der Waals surface area contributed by atoms with E-state index >= 15 is 0 Å². The molecule has 0 aliphatic heterocycles. The molecule has 0 amide bonds. The van der Waals surface area contributed by atoms with Crippen LogP contribution in [-0.2, 0) is 0 Å². The van der Waals surface area contributed by atoms with Gasteiger partial charge >= 0.3 is 0 Å². The molecule has 1 saturated carbocycles. The third kappa shape index (κ3) is 3.06. The van der Waals surface area contributed by atoms with Crippen molar-refractivity contribution in [1.82, 2.24) is 0 Å². The molecule has 0 unspecified atom stereocenters. The number of carbonyl (C=O) groups excluding carboxylic acids is 1. The minimum absolute atomic E-state index is 0.00792. The highest BCUT2D eigenvalue weighted by Gasteiger charge is 2.54. The van der Waals surface area contributed by atoms with Gasteiger partial charge in [0.2, 0.25) is 0 Å². The van der Waals surface area contributed by atoms with E-state index in [0.29, 0.717) is 23.0 Å². The van der Waals surface area contributed by atoms with Crippen LogP contribution in [0.3, 0.4) is 0 Å². The van der Waals surface area contributed by atoms with Crippen LogP contribution in [0.5, 0.6) is 11.5 Å². The van der Waals surface area contributed by atoms with Crippen LogP contribution < -0.4 is 9.47 Å². The molecule has 0 heterocycles. The highest BCUT2D eigenvalue weighted by Crippen LogP contribution is 2.60. The predicted molar refractivity (Wildman–Crippen MR) is 105 cm³/mol. The molecule has 3 nitrogen and oxygen atoms in total. The molecule has 0 radical (unpaired) electrons. The average molecular weight is 357 g/mol. The summed E-state index contributed by atoms with van der Waals surface area (Å²) >= 11 is 0. The molecular weight excluding hydrogens is 324 g/mol. The molecule has 3 atom stereocenters. The Morgan fingerprint density at radius 3 is 2.23 bits per heavy atom. The van der Waals surface area contributed by atoms with Crippen LogP contribution >= 0.6 is 0 Å². The fraction of sp³-hybridized carbons (Fsp3) is 0.609. The lowest BCUT2D eigenvalue weighted by molar-refractivity contribution is -0.0294. The van der Waals surface area contributed by atoms with Gasteiger partial charge in [-0.15, -0.1) is 0 Å². The second kappa shape index (κ2) is 6.75. The quantitative estimate of drug-likeness (QED) is 0.514. The van der Waals surface area contributed by atoms with Crippen LogP contribution in [-0.4, -0.2) is 20.0 Å². The minimum Gasteiger partial charge on any atom is -0.497 e. The van der Waals surface area contributed by atoms with Crippen LogP contribution in [0.2, 0.25) is 0 Å². The number of Topliss-reactive ketones (excluding diaryl/α,β-unsaturated/α-hetero) is 1. The lowest BCUT2D eigenvalue weighted by atomic mass is 9.48. The molecule has 2 aliphatic carbocycles. The Hall–Kier alpha value is -1.77. The number of ether oxygens (including phenoxy) is 2. The zero-order valence-corrected chi connectivity index (χ0v) is 17.0. The van der Waals surface area contributed by atoms with Gasteiger partial charge in [0.1, 0.15) is 11.5 Å². The van der Waals surface area contributed by atoms with Gasteiger partial charge in [0.25, 0.3) is 0 Å².